The molecule has 0 bridgehead atoms. The van der Waals surface area contributed by atoms with Crippen molar-refractivity contribution in [2.75, 3.05) is 40.8 Å². The van der Waals surface area contributed by atoms with Gasteiger partial charge in [0.05, 0.1) is 19.0 Å². The highest BCUT2D eigenvalue weighted by atomic mass is 16.6. The van der Waals surface area contributed by atoms with Crippen LogP contribution in [0, 0.1) is 5.92 Å². The van der Waals surface area contributed by atoms with Gasteiger partial charge in [-0.3, -0.25) is 14.5 Å². The molecule has 0 aliphatic carbocycles. The van der Waals surface area contributed by atoms with Gasteiger partial charge in [0.2, 0.25) is 5.91 Å². The molecule has 2 aliphatic rings. The number of likely N-dealkylation sites (N-methyl/N-ethyl adjacent to an activating group) is 1. The van der Waals surface area contributed by atoms with Crippen molar-refractivity contribution in [2.24, 2.45) is 11.1 Å². The summed E-state index contributed by atoms with van der Waals surface area (Å²) in [6.45, 7) is 5.49. The predicted octanol–water partition coefficient (Wildman–Crippen LogP) is -0.372. The molecule has 0 radical (unpaired) electrons. The fourth-order valence-electron chi connectivity index (χ4n) is 2.46. The Morgan fingerprint density at radius 2 is 2.00 bits per heavy atom. The first-order valence-electron chi connectivity index (χ1n) is 7.24. The van der Waals surface area contributed by atoms with Crippen molar-refractivity contribution in [3.8, 4) is 0 Å². The van der Waals surface area contributed by atoms with Gasteiger partial charge in [0.1, 0.15) is 0 Å². The van der Waals surface area contributed by atoms with Crippen molar-refractivity contribution in [2.45, 2.75) is 26.0 Å². The summed E-state index contributed by atoms with van der Waals surface area (Å²) in [7, 11) is 5.31. The molecule has 0 aromatic carbocycles. The highest BCUT2D eigenvalue weighted by molar-refractivity contribution is 6.40. The Labute approximate surface area is 125 Å². The van der Waals surface area contributed by atoms with E-state index in [0.29, 0.717) is 31.4 Å². The van der Waals surface area contributed by atoms with Crippen LogP contribution in [0.3, 0.4) is 0 Å². The number of hydrogen-bond acceptors (Lipinski definition) is 5. The van der Waals surface area contributed by atoms with Gasteiger partial charge in [-0.1, -0.05) is 5.16 Å². The third-order valence-electron chi connectivity index (χ3n) is 4.15. The van der Waals surface area contributed by atoms with Gasteiger partial charge in [-0.05, 0) is 20.9 Å². The molecule has 2 rings (SSSR count). The number of fused-ring (bicyclic) bond motifs is 1. The summed E-state index contributed by atoms with van der Waals surface area (Å²) < 4.78 is 0. The molecule has 7 heteroatoms. The molecule has 0 aromatic rings. The van der Waals surface area contributed by atoms with Crippen LogP contribution >= 0.6 is 0 Å². The second-order valence-corrected chi connectivity index (χ2v) is 6.23. The molecule has 2 amide bonds. The topological polar surface area (TPSA) is 65.5 Å². The van der Waals surface area contributed by atoms with Gasteiger partial charge < -0.3 is 14.6 Å². The van der Waals surface area contributed by atoms with Crippen LogP contribution < -0.4 is 0 Å². The monoisotopic (exact) mass is 296 g/mol. The van der Waals surface area contributed by atoms with Crippen molar-refractivity contribution < 1.29 is 14.4 Å². The first-order chi connectivity index (χ1) is 9.81. The van der Waals surface area contributed by atoms with E-state index in [4.69, 9.17) is 4.84 Å². The minimum Gasteiger partial charge on any atom is -0.389 e. The molecular weight excluding hydrogens is 272 g/mol. The zero-order valence-corrected chi connectivity index (χ0v) is 13.4. The number of nitrogens with zero attached hydrogens (tertiary/aromatic N) is 4. The van der Waals surface area contributed by atoms with Crippen LogP contribution in [0.5, 0.6) is 0 Å². The maximum atomic E-state index is 12.3. The Hall–Kier alpha value is -1.63. The summed E-state index contributed by atoms with van der Waals surface area (Å²) in [5.41, 5.74) is 0.428. The summed E-state index contributed by atoms with van der Waals surface area (Å²) in [6, 6.07) is 0.319. The third kappa shape index (κ3) is 3.18. The standard InChI is InChI=1S/C14H24N4O3/c1-9(2)17(5)8-12(19)18-6-10-11(7-18)21-15-13(10)14(20)16(3)4/h9-11H,6-8H2,1-5H3/t10-,11+/m0/s1. The van der Waals surface area contributed by atoms with Gasteiger partial charge in [0, 0.05) is 26.7 Å². The van der Waals surface area contributed by atoms with Crippen LogP contribution in [0.2, 0.25) is 0 Å². The quantitative estimate of drug-likeness (QED) is 0.710. The maximum Gasteiger partial charge on any atom is 0.271 e. The lowest BCUT2D eigenvalue weighted by Crippen LogP contribution is -2.41. The number of likely N-dealkylation sites (tertiary alicyclic amines) is 1. The van der Waals surface area contributed by atoms with Gasteiger partial charge in [-0.2, -0.15) is 0 Å². The lowest BCUT2D eigenvalue weighted by molar-refractivity contribution is -0.132. The highest BCUT2D eigenvalue weighted by Crippen LogP contribution is 2.27. The van der Waals surface area contributed by atoms with E-state index in [1.54, 1.807) is 19.0 Å². The summed E-state index contributed by atoms with van der Waals surface area (Å²) in [5.74, 6) is -0.176. The van der Waals surface area contributed by atoms with Gasteiger partial charge >= 0.3 is 0 Å². The second-order valence-electron chi connectivity index (χ2n) is 6.23. The predicted molar refractivity (Wildman–Crippen MR) is 78.8 cm³/mol. The Morgan fingerprint density at radius 1 is 1.33 bits per heavy atom. The van der Waals surface area contributed by atoms with E-state index in [9.17, 15) is 9.59 Å². The molecule has 0 aromatic heterocycles. The maximum absolute atomic E-state index is 12.3. The molecular formula is C14H24N4O3. The zero-order valence-electron chi connectivity index (χ0n) is 13.4. The molecule has 0 spiro atoms. The second kappa shape index (κ2) is 6.01. The highest BCUT2D eigenvalue weighted by Gasteiger charge is 2.46. The van der Waals surface area contributed by atoms with Gasteiger partial charge in [-0.25, -0.2) is 0 Å². The zero-order chi connectivity index (χ0) is 15.7. The number of carbonyl (C=O) groups is 2. The molecule has 21 heavy (non-hydrogen) atoms. The number of amides is 2. The minimum absolute atomic E-state index is 0.0702. The van der Waals surface area contributed by atoms with Crippen LogP contribution in [-0.4, -0.2) is 85.1 Å². The lowest BCUT2D eigenvalue weighted by Gasteiger charge is -2.24. The minimum atomic E-state index is -0.183. The third-order valence-corrected chi connectivity index (χ3v) is 4.15. The van der Waals surface area contributed by atoms with Gasteiger partial charge in [-0.15, -0.1) is 0 Å². The molecule has 1 fully saturated rings. The fraction of sp³-hybridized carbons (Fsp3) is 0.786. The van der Waals surface area contributed by atoms with Crippen molar-refractivity contribution in [1.29, 1.82) is 0 Å². The van der Waals surface area contributed by atoms with E-state index in [-0.39, 0.29) is 23.8 Å². The molecule has 0 saturated carbocycles. The molecule has 2 aliphatic heterocycles. The molecule has 2 heterocycles. The number of carbonyl (C=O) groups excluding carboxylic acids is 2. The van der Waals surface area contributed by atoms with Crippen LogP contribution in [0.15, 0.2) is 5.16 Å². The van der Waals surface area contributed by atoms with E-state index >= 15 is 0 Å². The van der Waals surface area contributed by atoms with Crippen LogP contribution in [0.4, 0.5) is 0 Å². The van der Waals surface area contributed by atoms with E-state index < -0.39 is 0 Å². The Bertz CT molecular complexity index is 461. The fourth-order valence-corrected chi connectivity index (χ4v) is 2.46. The van der Waals surface area contributed by atoms with Crippen LogP contribution in [0.1, 0.15) is 13.8 Å². The van der Waals surface area contributed by atoms with Crippen molar-refractivity contribution in [3.05, 3.63) is 0 Å². The van der Waals surface area contributed by atoms with Gasteiger partial charge in [0.15, 0.2) is 11.8 Å². The molecule has 7 nitrogen and oxygen atoms in total. The lowest BCUT2D eigenvalue weighted by atomic mass is 10.00. The molecule has 118 valence electrons. The van der Waals surface area contributed by atoms with Gasteiger partial charge in [0.25, 0.3) is 5.91 Å². The summed E-state index contributed by atoms with van der Waals surface area (Å²) >= 11 is 0. The number of hydrogen-bond donors (Lipinski definition) is 0. The number of rotatable bonds is 4. The van der Waals surface area contributed by atoms with E-state index in [2.05, 4.69) is 19.0 Å². The van der Waals surface area contributed by atoms with Crippen LogP contribution in [0.25, 0.3) is 0 Å². The normalized spacial score (nSPS) is 24.1. The first-order valence-corrected chi connectivity index (χ1v) is 7.24. The average molecular weight is 296 g/mol. The molecule has 0 N–H and O–H groups in total. The largest absolute Gasteiger partial charge is 0.389 e. The van der Waals surface area contributed by atoms with E-state index in [1.165, 1.54) is 4.90 Å². The smallest absolute Gasteiger partial charge is 0.271 e. The Balaban J connectivity index is 1.97. The Morgan fingerprint density at radius 3 is 2.57 bits per heavy atom. The Kier molecular flexibility index (Phi) is 4.51. The molecule has 2 atom stereocenters. The molecule has 1 saturated heterocycles. The average Bonchev–Trinajstić information content (AvgIpc) is 2.96. The summed E-state index contributed by atoms with van der Waals surface area (Å²) in [4.78, 5) is 34.9. The van der Waals surface area contributed by atoms with Crippen molar-refractivity contribution in [3.63, 3.8) is 0 Å². The van der Waals surface area contributed by atoms with Crippen molar-refractivity contribution >= 4 is 17.5 Å². The number of oxime groups is 1. The van der Waals surface area contributed by atoms with Crippen LogP contribution in [-0.2, 0) is 14.4 Å². The summed E-state index contributed by atoms with van der Waals surface area (Å²) in [5, 5.41) is 3.90. The first kappa shape index (κ1) is 15.8. The van der Waals surface area contributed by atoms with E-state index in [0.717, 1.165) is 0 Å². The summed E-state index contributed by atoms with van der Waals surface area (Å²) in [6.07, 6.45) is -0.183. The molecule has 0 unspecified atom stereocenters. The van der Waals surface area contributed by atoms with Crippen molar-refractivity contribution in [1.82, 2.24) is 14.7 Å². The SMILES string of the molecule is CC(C)N(C)CC(=O)N1C[C@@H]2C(C(=O)N(C)C)=NO[C@@H]2C1. The van der Waals surface area contributed by atoms with E-state index in [1.807, 2.05) is 11.9 Å².